The fraction of sp³-hybridized carbons (Fsp3) is 0.656. The van der Waals surface area contributed by atoms with Crippen molar-refractivity contribution >= 4 is 28.7 Å². The maximum absolute atomic E-state index is 13.3. The van der Waals surface area contributed by atoms with Crippen LogP contribution in [0.25, 0.3) is 11.0 Å². The predicted molar refractivity (Wildman–Crippen MR) is 160 cm³/mol. The molecule has 2 amide bonds. The summed E-state index contributed by atoms with van der Waals surface area (Å²) in [6.45, 7) is 4.98. The van der Waals surface area contributed by atoms with Crippen molar-refractivity contribution in [3.8, 4) is 11.5 Å². The molecule has 6 atom stereocenters. The second kappa shape index (κ2) is 12.9. The highest BCUT2D eigenvalue weighted by atomic mass is 16.7. The molecule has 1 aromatic carbocycles. The zero-order valence-corrected chi connectivity index (χ0v) is 25.8. The highest BCUT2D eigenvalue weighted by Gasteiger charge is 2.53. The number of nitrogens with one attached hydrogen (secondary N) is 1. The molecule has 1 saturated heterocycles. The van der Waals surface area contributed by atoms with Crippen LogP contribution in [0.15, 0.2) is 21.3 Å². The fourth-order valence-electron chi connectivity index (χ4n) is 7.40. The lowest BCUT2D eigenvalue weighted by Crippen LogP contribution is -2.65. The molecular formula is C32H44N2O10. The summed E-state index contributed by atoms with van der Waals surface area (Å²) in [5.74, 6) is 0.448. The van der Waals surface area contributed by atoms with Gasteiger partial charge in [-0.15, -0.1) is 0 Å². The van der Waals surface area contributed by atoms with Gasteiger partial charge in [0.25, 0.3) is 0 Å². The van der Waals surface area contributed by atoms with Crippen molar-refractivity contribution in [2.24, 2.45) is 23.5 Å². The number of nitrogens with two attached hydrogens (primary N) is 1. The van der Waals surface area contributed by atoms with Gasteiger partial charge in [-0.1, -0.05) is 44.9 Å². The number of primary amides is 1. The maximum Gasteiger partial charge on any atom is 0.404 e. The van der Waals surface area contributed by atoms with Crippen molar-refractivity contribution in [1.82, 2.24) is 0 Å². The number of benzene rings is 1. The van der Waals surface area contributed by atoms with Crippen LogP contribution in [-0.2, 0) is 19.0 Å². The molecule has 3 aliphatic rings. The lowest BCUT2D eigenvalue weighted by atomic mass is 9.70. The molecule has 44 heavy (non-hydrogen) atoms. The van der Waals surface area contributed by atoms with Gasteiger partial charge in [-0.05, 0) is 57.6 Å². The van der Waals surface area contributed by atoms with E-state index in [1.807, 2.05) is 0 Å². The first kappa shape index (κ1) is 32.1. The molecule has 12 heteroatoms. The molecule has 0 spiro atoms. The monoisotopic (exact) mass is 616 g/mol. The molecular weight excluding hydrogens is 572 g/mol. The Morgan fingerprint density at radius 3 is 2.45 bits per heavy atom. The lowest BCUT2D eigenvalue weighted by Gasteiger charge is -2.47. The first-order valence-electron chi connectivity index (χ1n) is 15.5. The first-order chi connectivity index (χ1) is 20.9. The van der Waals surface area contributed by atoms with E-state index in [1.165, 1.54) is 51.3 Å². The average Bonchev–Trinajstić information content (AvgIpc) is 2.99. The number of aliphatic hydroxyl groups excluding tert-OH is 1. The van der Waals surface area contributed by atoms with Crippen molar-refractivity contribution < 1.29 is 43.2 Å². The Labute approximate surface area is 256 Å². The van der Waals surface area contributed by atoms with Crippen molar-refractivity contribution in [1.29, 1.82) is 0 Å². The zero-order valence-electron chi connectivity index (χ0n) is 25.8. The van der Waals surface area contributed by atoms with Crippen LogP contribution in [0.5, 0.6) is 11.5 Å². The minimum atomic E-state index is -1.48. The van der Waals surface area contributed by atoms with Gasteiger partial charge in [0.2, 0.25) is 12.2 Å². The van der Waals surface area contributed by atoms with Crippen LogP contribution in [0.2, 0.25) is 0 Å². The molecule has 5 N–H and O–H groups in total. The van der Waals surface area contributed by atoms with Crippen LogP contribution in [0.3, 0.4) is 0 Å². The Morgan fingerprint density at radius 2 is 1.77 bits per heavy atom. The lowest BCUT2D eigenvalue weighted by molar-refractivity contribution is -0.304. The van der Waals surface area contributed by atoms with E-state index in [1.54, 1.807) is 20.8 Å². The Hall–Kier alpha value is -3.35. The molecule has 1 aromatic heterocycles. The molecule has 5 rings (SSSR count). The normalized spacial score (nSPS) is 29.2. The number of aliphatic hydroxyl groups is 1. The quantitative estimate of drug-likeness (QED) is 0.324. The Bertz CT molecular complexity index is 1430. The molecule has 3 fully saturated rings. The van der Waals surface area contributed by atoms with Gasteiger partial charge in [0.1, 0.15) is 17.4 Å². The van der Waals surface area contributed by atoms with E-state index in [2.05, 4.69) is 5.32 Å². The summed E-state index contributed by atoms with van der Waals surface area (Å²) >= 11 is 0. The van der Waals surface area contributed by atoms with Gasteiger partial charge in [-0.25, -0.2) is 9.59 Å². The number of rotatable bonds is 7. The number of hydrogen-bond donors (Lipinski definition) is 4. The van der Waals surface area contributed by atoms with Gasteiger partial charge < -0.3 is 44.6 Å². The first-order valence-corrected chi connectivity index (χ1v) is 15.5. The van der Waals surface area contributed by atoms with Crippen molar-refractivity contribution in [2.45, 2.75) is 109 Å². The molecule has 0 radical (unpaired) electrons. The summed E-state index contributed by atoms with van der Waals surface area (Å²) in [4.78, 5) is 37.9. The van der Waals surface area contributed by atoms with E-state index in [0.717, 1.165) is 25.7 Å². The van der Waals surface area contributed by atoms with Gasteiger partial charge in [-0.3, -0.25) is 4.79 Å². The van der Waals surface area contributed by atoms with Gasteiger partial charge in [0.05, 0.1) is 11.0 Å². The van der Waals surface area contributed by atoms with Crippen LogP contribution in [0.1, 0.15) is 77.2 Å². The van der Waals surface area contributed by atoms with Crippen LogP contribution >= 0.6 is 0 Å². The molecule has 2 saturated carbocycles. The van der Waals surface area contributed by atoms with Crippen molar-refractivity contribution in [3.05, 3.63) is 28.1 Å². The molecule has 12 nitrogen and oxygen atoms in total. The number of aromatic hydroxyl groups is 1. The van der Waals surface area contributed by atoms with E-state index in [4.69, 9.17) is 29.1 Å². The van der Waals surface area contributed by atoms with Crippen LogP contribution < -0.4 is 21.4 Å². The highest BCUT2D eigenvalue weighted by Crippen LogP contribution is 2.42. The Kier molecular flexibility index (Phi) is 9.43. The van der Waals surface area contributed by atoms with Gasteiger partial charge >= 0.3 is 11.7 Å². The van der Waals surface area contributed by atoms with Crippen LogP contribution in [0.4, 0.5) is 10.5 Å². The number of carbonyl (C=O) groups is 2. The number of hydrogen-bond acceptors (Lipinski definition) is 10. The standard InChI is InChI=1S/C32H44N2O10/c1-16-21(41-30-24(36)26(43-31(33)39)27(40-4)32(2,3)44-30)14-13-20-23(35)22(29(38)42-25(16)20)34-28(37)19-12-8-11-18(15-19)17-9-6-5-7-10-17/h13-14,17-19,24,26-27,30,35-36H,5-12,15H2,1-4H3,(H2,33,39)(H,34,37)/t18?,19?,24-,26+,27-,30-/m1/s1. The summed E-state index contributed by atoms with van der Waals surface area (Å²) in [6.07, 6.45) is 3.93. The Morgan fingerprint density at radius 1 is 1.07 bits per heavy atom. The number of fused-ring (bicyclic) bond motifs is 1. The van der Waals surface area contributed by atoms with E-state index in [0.29, 0.717) is 17.4 Å². The summed E-state index contributed by atoms with van der Waals surface area (Å²) in [5, 5.41) is 24.9. The summed E-state index contributed by atoms with van der Waals surface area (Å²) in [6, 6.07) is 3.01. The number of methoxy groups -OCH3 is 1. The van der Waals surface area contributed by atoms with E-state index >= 15 is 0 Å². The van der Waals surface area contributed by atoms with E-state index < -0.39 is 47.7 Å². The summed E-state index contributed by atoms with van der Waals surface area (Å²) in [7, 11) is 1.39. The molecule has 2 aliphatic carbocycles. The van der Waals surface area contributed by atoms with Crippen molar-refractivity contribution in [3.63, 3.8) is 0 Å². The third-order valence-electron chi connectivity index (χ3n) is 9.67. The Balaban J connectivity index is 1.35. The van der Waals surface area contributed by atoms with Gasteiger partial charge in [0.15, 0.2) is 23.6 Å². The number of carbonyl (C=O) groups excluding carboxylic acids is 2. The van der Waals surface area contributed by atoms with Crippen LogP contribution in [-0.4, -0.2) is 59.5 Å². The zero-order chi connectivity index (χ0) is 31.8. The number of ether oxygens (including phenoxy) is 4. The minimum Gasteiger partial charge on any atom is -0.505 e. The molecule has 0 bridgehead atoms. The SMILES string of the molecule is CO[C@@H]1[C@@H](OC(N)=O)[C@@H](O)[C@H](Oc2ccc3c(O)c(NC(=O)C4CCCC(C5CCCCC5)C4)c(=O)oc3c2C)OC1(C)C. The number of aryl methyl sites for hydroxylation is 1. The topological polar surface area (TPSA) is 180 Å². The van der Waals surface area contributed by atoms with Gasteiger partial charge in [-0.2, -0.15) is 0 Å². The summed E-state index contributed by atoms with van der Waals surface area (Å²) in [5.41, 5.74) is 3.36. The van der Waals surface area contributed by atoms with Gasteiger partial charge in [0, 0.05) is 18.6 Å². The van der Waals surface area contributed by atoms with E-state index in [9.17, 15) is 24.6 Å². The highest BCUT2D eigenvalue weighted by molar-refractivity contribution is 5.98. The summed E-state index contributed by atoms with van der Waals surface area (Å²) < 4.78 is 28.1. The maximum atomic E-state index is 13.3. The second-order valence-corrected chi connectivity index (χ2v) is 12.9. The largest absolute Gasteiger partial charge is 0.505 e. The number of amides is 2. The average molecular weight is 617 g/mol. The predicted octanol–water partition coefficient (Wildman–Crippen LogP) is 4.49. The van der Waals surface area contributed by atoms with Crippen LogP contribution in [0, 0.1) is 24.7 Å². The minimum absolute atomic E-state index is 0.0438. The molecule has 2 aromatic rings. The number of anilines is 1. The third-order valence-corrected chi connectivity index (χ3v) is 9.67. The molecule has 2 heterocycles. The smallest absolute Gasteiger partial charge is 0.404 e. The molecule has 242 valence electrons. The molecule has 2 unspecified atom stereocenters. The molecule has 1 aliphatic heterocycles. The third kappa shape index (κ3) is 6.38. The van der Waals surface area contributed by atoms with E-state index in [-0.39, 0.29) is 34.2 Å². The van der Waals surface area contributed by atoms with Crippen molar-refractivity contribution in [2.75, 3.05) is 12.4 Å². The fourth-order valence-corrected chi connectivity index (χ4v) is 7.40. The second-order valence-electron chi connectivity index (χ2n) is 12.9.